The number of hydrogen-bond acceptors (Lipinski definition) is 2. The quantitative estimate of drug-likeness (QED) is 0.752. The highest BCUT2D eigenvalue weighted by Gasteiger charge is 2.19. The van der Waals surface area contributed by atoms with Crippen molar-refractivity contribution in [3.8, 4) is 5.75 Å². The minimum Gasteiger partial charge on any atom is -0.508 e. The summed E-state index contributed by atoms with van der Waals surface area (Å²) in [6.45, 7) is 3.21. The average molecular weight is 191 g/mol. The smallest absolute Gasteiger partial charge is 0.120 e. The Hall–Kier alpha value is -1.02. The molecule has 14 heavy (non-hydrogen) atoms. The SMILES string of the molecule is CCc1ccc(O)c([C@H]2CCCN2)c1. The summed E-state index contributed by atoms with van der Waals surface area (Å²) >= 11 is 0. The second-order valence-electron chi connectivity index (χ2n) is 3.90. The van der Waals surface area contributed by atoms with Gasteiger partial charge >= 0.3 is 0 Å². The fourth-order valence-corrected chi connectivity index (χ4v) is 2.05. The van der Waals surface area contributed by atoms with E-state index in [4.69, 9.17) is 0 Å². The molecule has 2 N–H and O–H groups in total. The predicted molar refractivity (Wildman–Crippen MR) is 57.5 cm³/mol. The lowest BCUT2D eigenvalue weighted by Gasteiger charge is -2.13. The van der Waals surface area contributed by atoms with Gasteiger partial charge in [0.25, 0.3) is 0 Å². The van der Waals surface area contributed by atoms with E-state index in [1.807, 2.05) is 12.1 Å². The molecule has 76 valence electrons. The fourth-order valence-electron chi connectivity index (χ4n) is 2.05. The summed E-state index contributed by atoms with van der Waals surface area (Å²) in [5.41, 5.74) is 2.37. The van der Waals surface area contributed by atoms with E-state index in [0.717, 1.165) is 24.9 Å². The zero-order chi connectivity index (χ0) is 9.97. The number of benzene rings is 1. The number of rotatable bonds is 2. The number of phenols is 1. The molecular weight excluding hydrogens is 174 g/mol. The molecule has 2 rings (SSSR count). The van der Waals surface area contributed by atoms with E-state index in [2.05, 4.69) is 18.3 Å². The van der Waals surface area contributed by atoms with Gasteiger partial charge in [0.1, 0.15) is 5.75 Å². The lowest BCUT2D eigenvalue weighted by Crippen LogP contribution is -2.13. The molecule has 1 atom stereocenters. The van der Waals surface area contributed by atoms with E-state index in [9.17, 15) is 5.11 Å². The maximum absolute atomic E-state index is 9.75. The van der Waals surface area contributed by atoms with E-state index >= 15 is 0 Å². The van der Waals surface area contributed by atoms with Crippen LogP contribution in [0.3, 0.4) is 0 Å². The molecule has 0 radical (unpaired) electrons. The molecule has 1 aromatic carbocycles. The standard InChI is InChI=1S/C12H17NO/c1-2-9-5-6-12(14)10(8-9)11-4-3-7-13-11/h5-6,8,11,13-14H,2-4,7H2,1H3/t11-/m1/s1. The Labute approximate surface area is 85.0 Å². The Morgan fingerprint density at radius 3 is 3.00 bits per heavy atom. The van der Waals surface area contributed by atoms with Gasteiger partial charge in [-0.15, -0.1) is 0 Å². The van der Waals surface area contributed by atoms with Crippen molar-refractivity contribution in [3.63, 3.8) is 0 Å². The Morgan fingerprint density at radius 2 is 2.36 bits per heavy atom. The van der Waals surface area contributed by atoms with Gasteiger partial charge in [-0.3, -0.25) is 0 Å². The second-order valence-corrected chi connectivity index (χ2v) is 3.90. The molecule has 2 nitrogen and oxygen atoms in total. The van der Waals surface area contributed by atoms with Gasteiger partial charge in [-0.2, -0.15) is 0 Å². The van der Waals surface area contributed by atoms with Gasteiger partial charge in [0.15, 0.2) is 0 Å². The Kier molecular flexibility index (Phi) is 2.73. The van der Waals surface area contributed by atoms with Crippen LogP contribution in [0.15, 0.2) is 18.2 Å². The van der Waals surface area contributed by atoms with E-state index < -0.39 is 0 Å². The van der Waals surface area contributed by atoms with E-state index in [1.54, 1.807) is 0 Å². The van der Waals surface area contributed by atoms with Gasteiger partial charge in [-0.1, -0.05) is 19.1 Å². The second kappa shape index (κ2) is 4.01. The van der Waals surface area contributed by atoms with Crippen LogP contribution in [0.5, 0.6) is 5.75 Å². The summed E-state index contributed by atoms with van der Waals surface area (Å²) in [6, 6.07) is 6.29. The van der Waals surface area contributed by atoms with Crippen molar-refractivity contribution in [2.75, 3.05) is 6.54 Å². The molecule has 2 heteroatoms. The zero-order valence-corrected chi connectivity index (χ0v) is 8.59. The van der Waals surface area contributed by atoms with Crippen LogP contribution < -0.4 is 5.32 Å². The summed E-state index contributed by atoms with van der Waals surface area (Å²) in [5.74, 6) is 0.432. The van der Waals surface area contributed by atoms with E-state index in [0.29, 0.717) is 11.8 Å². The van der Waals surface area contributed by atoms with Crippen molar-refractivity contribution in [2.24, 2.45) is 0 Å². The number of hydrogen-bond donors (Lipinski definition) is 2. The van der Waals surface area contributed by atoms with Gasteiger partial charge < -0.3 is 10.4 Å². The van der Waals surface area contributed by atoms with Gasteiger partial charge in [0.2, 0.25) is 0 Å². The monoisotopic (exact) mass is 191 g/mol. The highest BCUT2D eigenvalue weighted by atomic mass is 16.3. The van der Waals surface area contributed by atoms with Crippen LogP contribution >= 0.6 is 0 Å². The minimum atomic E-state index is 0.362. The molecule has 0 aliphatic carbocycles. The van der Waals surface area contributed by atoms with E-state index in [-0.39, 0.29) is 0 Å². The molecular formula is C12H17NO. The molecule has 1 fully saturated rings. The van der Waals surface area contributed by atoms with Gasteiger partial charge in [0, 0.05) is 11.6 Å². The van der Waals surface area contributed by atoms with Crippen LogP contribution in [0.1, 0.15) is 36.9 Å². The number of nitrogens with one attached hydrogen (secondary N) is 1. The lowest BCUT2D eigenvalue weighted by atomic mass is 10.0. The molecule has 0 bridgehead atoms. The third-order valence-corrected chi connectivity index (χ3v) is 2.94. The molecule has 1 saturated heterocycles. The first kappa shape index (κ1) is 9.53. The Morgan fingerprint density at radius 1 is 1.50 bits per heavy atom. The highest BCUT2D eigenvalue weighted by molar-refractivity contribution is 5.38. The molecule has 1 aliphatic heterocycles. The van der Waals surface area contributed by atoms with Crippen molar-refractivity contribution in [2.45, 2.75) is 32.2 Å². The third-order valence-electron chi connectivity index (χ3n) is 2.94. The van der Waals surface area contributed by atoms with Crippen molar-refractivity contribution in [3.05, 3.63) is 29.3 Å². The molecule has 0 amide bonds. The minimum absolute atomic E-state index is 0.362. The van der Waals surface area contributed by atoms with Gasteiger partial charge in [-0.25, -0.2) is 0 Å². The summed E-state index contributed by atoms with van der Waals surface area (Å²) in [6.07, 6.45) is 3.38. The number of phenolic OH excluding ortho intramolecular Hbond substituents is 1. The Balaban J connectivity index is 2.29. The van der Waals surface area contributed by atoms with Crippen molar-refractivity contribution in [1.82, 2.24) is 5.32 Å². The van der Waals surface area contributed by atoms with Crippen molar-refractivity contribution >= 4 is 0 Å². The first-order chi connectivity index (χ1) is 6.81. The summed E-state index contributed by atoms with van der Waals surface area (Å²) in [4.78, 5) is 0. The van der Waals surface area contributed by atoms with E-state index in [1.165, 1.54) is 12.0 Å². The van der Waals surface area contributed by atoms with Crippen molar-refractivity contribution in [1.29, 1.82) is 0 Å². The summed E-state index contributed by atoms with van der Waals surface area (Å²) < 4.78 is 0. The first-order valence-corrected chi connectivity index (χ1v) is 5.36. The normalized spacial score (nSPS) is 21.4. The lowest BCUT2D eigenvalue weighted by molar-refractivity contribution is 0.456. The first-order valence-electron chi connectivity index (χ1n) is 5.36. The number of aryl methyl sites for hydroxylation is 1. The summed E-state index contributed by atoms with van der Waals surface area (Å²) in [7, 11) is 0. The molecule has 1 aliphatic rings. The maximum atomic E-state index is 9.75. The molecule has 0 saturated carbocycles. The largest absolute Gasteiger partial charge is 0.508 e. The zero-order valence-electron chi connectivity index (χ0n) is 8.59. The van der Waals surface area contributed by atoms with Crippen LogP contribution in [0.4, 0.5) is 0 Å². The predicted octanol–water partition coefficient (Wildman–Crippen LogP) is 2.38. The molecule has 0 aromatic heterocycles. The van der Waals surface area contributed by atoms with Crippen LogP contribution in [-0.2, 0) is 6.42 Å². The maximum Gasteiger partial charge on any atom is 0.120 e. The van der Waals surface area contributed by atoms with Crippen LogP contribution in [-0.4, -0.2) is 11.7 Å². The number of aromatic hydroxyl groups is 1. The van der Waals surface area contributed by atoms with Crippen LogP contribution in [0.25, 0.3) is 0 Å². The van der Waals surface area contributed by atoms with Crippen LogP contribution in [0, 0.1) is 0 Å². The van der Waals surface area contributed by atoms with Crippen LogP contribution in [0.2, 0.25) is 0 Å². The fraction of sp³-hybridized carbons (Fsp3) is 0.500. The molecule has 1 aromatic rings. The molecule has 0 spiro atoms. The van der Waals surface area contributed by atoms with Crippen molar-refractivity contribution < 1.29 is 5.11 Å². The Bertz CT molecular complexity index is 316. The topological polar surface area (TPSA) is 32.3 Å². The van der Waals surface area contributed by atoms with Gasteiger partial charge in [-0.05, 0) is 37.4 Å². The van der Waals surface area contributed by atoms with Gasteiger partial charge in [0.05, 0.1) is 0 Å². The summed E-state index contributed by atoms with van der Waals surface area (Å²) in [5, 5.41) is 13.2. The molecule has 1 heterocycles. The average Bonchev–Trinajstić information content (AvgIpc) is 2.71. The third kappa shape index (κ3) is 1.75. The molecule has 0 unspecified atom stereocenters. The highest BCUT2D eigenvalue weighted by Crippen LogP contribution is 2.30.